The molecule has 0 saturated carbocycles. The van der Waals surface area contributed by atoms with E-state index in [-0.39, 0.29) is 23.7 Å². The van der Waals surface area contributed by atoms with Crippen molar-refractivity contribution in [3.63, 3.8) is 0 Å². The molecule has 2 amide bonds. The van der Waals surface area contributed by atoms with Crippen molar-refractivity contribution < 1.29 is 18.7 Å². The van der Waals surface area contributed by atoms with Crippen LogP contribution in [0.3, 0.4) is 0 Å². The van der Waals surface area contributed by atoms with Crippen LogP contribution in [0.2, 0.25) is 5.02 Å². The fourth-order valence-corrected chi connectivity index (χ4v) is 4.20. The van der Waals surface area contributed by atoms with E-state index in [1.54, 1.807) is 30.3 Å². The number of ether oxygens (including phenoxy) is 1. The number of carbonyl (C=O) groups excluding carboxylic acids is 2. The van der Waals surface area contributed by atoms with Gasteiger partial charge in [-0.1, -0.05) is 37.6 Å². The normalized spacial score (nSPS) is 16.7. The molecule has 1 N–H and O–H groups in total. The minimum absolute atomic E-state index is 0.0197. The third-order valence-electron chi connectivity index (χ3n) is 5.71. The van der Waals surface area contributed by atoms with Crippen LogP contribution in [0.25, 0.3) is 6.08 Å². The van der Waals surface area contributed by atoms with Gasteiger partial charge >= 0.3 is 0 Å². The summed E-state index contributed by atoms with van der Waals surface area (Å²) in [4.78, 5) is 28.8. The number of amides is 2. The number of nitrogens with zero attached hydrogens (tertiary/aromatic N) is 2. The zero-order valence-electron chi connectivity index (χ0n) is 20.7. The highest BCUT2D eigenvalue weighted by molar-refractivity contribution is 6.32. The molecule has 188 valence electrons. The third kappa shape index (κ3) is 7.80. The average Bonchev–Trinajstić information content (AvgIpc) is 2.78. The number of nitrogens with one attached hydrogen (secondary N) is 1. The molecule has 2 aromatic carbocycles. The summed E-state index contributed by atoms with van der Waals surface area (Å²) in [7, 11) is 0. The maximum atomic E-state index is 13.2. The summed E-state index contributed by atoms with van der Waals surface area (Å²) in [6.45, 7) is 10.8. The van der Waals surface area contributed by atoms with Crippen LogP contribution in [0.5, 0.6) is 5.75 Å². The zero-order chi connectivity index (χ0) is 25.5. The van der Waals surface area contributed by atoms with E-state index in [1.807, 2.05) is 25.7 Å². The lowest BCUT2D eigenvalue weighted by Crippen LogP contribution is -2.53. The van der Waals surface area contributed by atoms with Crippen LogP contribution in [0.4, 0.5) is 10.1 Å². The fraction of sp³-hybridized carbons (Fsp3) is 0.407. The summed E-state index contributed by atoms with van der Waals surface area (Å²) >= 11 is 6.35. The third-order valence-corrected chi connectivity index (χ3v) is 6.00. The molecule has 0 aliphatic carbocycles. The number of piperazine rings is 1. The van der Waals surface area contributed by atoms with Gasteiger partial charge in [-0.2, -0.15) is 0 Å². The minimum Gasteiger partial charge on any atom is -0.492 e. The standard InChI is InChI=1S/C27H33ClFN3O3/c1-18(2)17-35-26-13-22(25(14-24(26)28)30-20(4)33)7-10-27(34)32-12-11-31(15-19(32)3)16-21-5-8-23(29)9-6-21/h5-10,13-14,18-19H,11-12,15-17H2,1-4H3,(H,30,33)/b10-7+. The van der Waals surface area contributed by atoms with E-state index in [2.05, 4.69) is 10.2 Å². The molecule has 0 bridgehead atoms. The Morgan fingerprint density at radius 3 is 2.57 bits per heavy atom. The monoisotopic (exact) mass is 501 g/mol. The molecule has 1 atom stereocenters. The molecular weight excluding hydrogens is 469 g/mol. The second kappa shape index (κ2) is 12.2. The topological polar surface area (TPSA) is 61.9 Å². The van der Waals surface area contributed by atoms with Gasteiger partial charge in [-0.25, -0.2) is 4.39 Å². The van der Waals surface area contributed by atoms with E-state index in [9.17, 15) is 14.0 Å². The van der Waals surface area contributed by atoms with E-state index in [0.29, 0.717) is 47.6 Å². The van der Waals surface area contributed by atoms with Gasteiger partial charge in [0.25, 0.3) is 0 Å². The van der Waals surface area contributed by atoms with Crippen molar-refractivity contribution in [2.24, 2.45) is 5.92 Å². The summed E-state index contributed by atoms with van der Waals surface area (Å²) in [6, 6.07) is 9.91. The lowest BCUT2D eigenvalue weighted by molar-refractivity contribution is -0.130. The summed E-state index contributed by atoms with van der Waals surface area (Å²) in [6.07, 6.45) is 3.21. The number of rotatable bonds is 8. The first-order valence-corrected chi connectivity index (χ1v) is 12.2. The Labute approximate surface area is 211 Å². The maximum absolute atomic E-state index is 13.2. The molecule has 1 aliphatic heterocycles. The van der Waals surface area contributed by atoms with Crippen LogP contribution in [-0.2, 0) is 16.1 Å². The van der Waals surface area contributed by atoms with Crippen LogP contribution >= 0.6 is 11.6 Å². The van der Waals surface area contributed by atoms with Gasteiger partial charge in [0.2, 0.25) is 11.8 Å². The first-order chi connectivity index (χ1) is 16.6. The number of halogens is 2. The maximum Gasteiger partial charge on any atom is 0.246 e. The molecule has 6 nitrogen and oxygen atoms in total. The molecule has 0 aromatic heterocycles. The Bertz CT molecular complexity index is 1070. The number of hydrogen-bond donors (Lipinski definition) is 1. The molecule has 8 heteroatoms. The molecule has 0 radical (unpaired) electrons. The van der Waals surface area contributed by atoms with Gasteiger partial charge in [0.1, 0.15) is 11.6 Å². The van der Waals surface area contributed by atoms with Gasteiger partial charge < -0.3 is 15.0 Å². The van der Waals surface area contributed by atoms with Crippen molar-refractivity contribution >= 4 is 35.2 Å². The van der Waals surface area contributed by atoms with Crippen molar-refractivity contribution in [1.29, 1.82) is 0 Å². The highest BCUT2D eigenvalue weighted by Gasteiger charge is 2.26. The van der Waals surface area contributed by atoms with Crippen molar-refractivity contribution in [3.05, 3.63) is 64.4 Å². The molecule has 1 unspecified atom stereocenters. The summed E-state index contributed by atoms with van der Waals surface area (Å²) in [5.74, 6) is 0.246. The van der Waals surface area contributed by atoms with Crippen molar-refractivity contribution in [2.75, 3.05) is 31.6 Å². The highest BCUT2D eigenvalue weighted by Crippen LogP contribution is 2.32. The second-order valence-electron chi connectivity index (χ2n) is 9.33. The van der Waals surface area contributed by atoms with Gasteiger partial charge in [0, 0.05) is 56.5 Å². The van der Waals surface area contributed by atoms with Crippen LogP contribution in [0.1, 0.15) is 38.8 Å². The predicted molar refractivity (Wildman–Crippen MR) is 138 cm³/mol. The van der Waals surface area contributed by atoms with E-state index in [0.717, 1.165) is 18.7 Å². The Balaban J connectivity index is 1.69. The Hall–Kier alpha value is -2.90. The molecular formula is C27H33ClFN3O3. The molecule has 0 spiro atoms. The lowest BCUT2D eigenvalue weighted by atomic mass is 10.1. The number of carbonyl (C=O) groups is 2. The van der Waals surface area contributed by atoms with Gasteiger partial charge in [-0.15, -0.1) is 0 Å². The van der Waals surface area contributed by atoms with Crippen LogP contribution < -0.4 is 10.1 Å². The molecule has 3 rings (SSSR count). The summed E-state index contributed by atoms with van der Waals surface area (Å²) in [5.41, 5.74) is 2.20. The van der Waals surface area contributed by atoms with E-state index >= 15 is 0 Å². The summed E-state index contributed by atoms with van der Waals surface area (Å²) in [5, 5.41) is 3.16. The summed E-state index contributed by atoms with van der Waals surface area (Å²) < 4.78 is 19.0. The average molecular weight is 502 g/mol. The fourth-order valence-electron chi connectivity index (χ4n) is 3.98. The first kappa shape index (κ1) is 26.7. The van der Waals surface area contributed by atoms with Crippen LogP contribution in [0, 0.1) is 11.7 Å². The first-order valence-electron chi connectivity index (χ1n) is 11.8. The number of anilines is 1. The van der Waals surface area contributed by atoms with Gasteiger partial charge in [-0.3, -0.25) is 14.5 Å². The van der Waals surface area contributed by atoms with Gasteiger partial charge in [0.15, 0.2) is 0 Å². The Morgan fingerprint density at radius 1 is 1.23 bits per heavy atom. The number of benzene rings is 2. The Morgan fingerprint density at radius 2 is 1.94 bits per heavy atom. The van der Waals surface area contributed by atoms with Gasteiger partial charge in [-0.05, 0) is 48.7 Å². The van der Waals surface area contributed by atoms with Crippen LogP contribution in [0.15, 0.2) is 42.5 Å². The lowest BCUT2D eigenvalue weighted by Gasteiger charge is -2.39. The molecule has 1 fully saturated rings. The SMILES string of the molecule is CC(=O)Nc1cc(Cl)c(OCC(C)C)cc1/C=C/C(=O)N1CCN(Cc2ccc(F)cc2)CC1C. The Kier molecular flexibility index (Phi) is 9.29. The minimum atomic E-state index is -0.245. The van der Waals surface area contributed by atoms with Crippen molar-refractivity contribution in [1.82, 2.24) is 9.80 Å². The van der Waals surface area contributed by atoms with E-state index < -0.39 is 0 Å². The van der Waals surface area contributed by atoms with Crippen molar-refractivity contribution in [3.8, 4) is 5.75 Å². The number of hydrogen-bond acceptors (Lipinski definition) is 4. The van der Waals surface area contributed by atoms with Crippen molar-refractivity contribution in [2.45, 2.75) is 40.3 Å². The zero-order valence-corrected chi connectivity index (χ0v) is 21.4. The highest BCUT2D eigenvalue weighted by atomic mass is 35.5. The molecule has 1 aliphatic rings. The molecule has 2 aromatic rings. The van der Waals surface area contributed by atoms with E-state index in [4.69, 9.17) is 16.3 Å². The largest absolute Gasteiger partial charge is 0.492 e. The smallest absolute Gasteiger partial charge is 0.246 e. The molecule has 1 saturated heterocycles. The second-order valence-corrected chi connectivity index (χ2v) is 9.74. The van der Waals surface area contributed by atoms with E-state index in [1.165, 1.54) is 25.1 Å². The molecule has 1 heterocycles. The molecule has 35 heavy (non-hydrogen) atoms. The predicted octanol–water partition coefficient (Wildman–Crippen LogP) is 5.22. The quantitative estimate of drug-likeness (QED) is 0.504. The van der Waals surface area contributed by atoms with Gasteiger partial charge in [0.05, 0.1) is 11.6 Å². The van der Waals surface area contributed by atoms with Crippen LogP contribution in [-0.4, -0.2) is 53.9 Å².